The van der Waals surface area contributed by atoms with Crippen LogP contribution in [0, 0.1) is 0 Å². The summed E-state index contributed by atoms with van der Waals surface area (Å²) in [4.78, 5) is 4.09. The Morgan fingerprint density at radius 1 is 0.960 bits per heavy atom. The topological polar surface area (TPSA) is 29.9 Å². The number of fused-ring (bicyclic) bond motifs is 1. The van der Waals surface area contributed by atoms with Gasteiger partial charge in [-0.2, -0.15) is 0 Å². The largest absolute Gasteiger partial charge is 0.306 e. The fourth-order valence-corrected chi connectivity index (χ4v) is 3.08. The van der Waals surface area contributed by atoms with Gasteiger partial charge in [-0.05, 0) is 47.0 Å². The highest BCUT2D eigenvalue weighted by molar-refractivity contribution is 5.82. The first-order valence-corrected chi connectivity index (χ1v) is 8.59. The van der Waals surface area contributed by atoms with E-state index in [0.29, 0.717) is 6.04 Å². The molecule has 1 atom stereocenters. The minimum Gasteiger partial charge on any atom is -0.306 e. The van der Waals surface area contributed by atoms with E-state index < -0.39 is 0 Å². The van der Waals surface area contributed by atoms with Crippen molar-refractivity contribution in [2.24, 2.45) is 0 Å². The molecule has 3 aromatic carbocycles. The number of nitrogens with one attached hydrogen (secondary N) is 1. The van der Waals surface area contributed by atoms with E-state index in [1.165, 1.54) is 21.9 Å². The van der Waals surface area contributed by atoms with E-state index >= 15 is 0 Å². The molecular formula is C22H21N3. The van der Waals surface area contributed by atoms with Crippen molar-refractivity contribution >= 4 is 10.8 Å². The van der Waals surface area contributed by atoms with Gasteiger partial charge in [0.25, 0.3) is 0 Å². The van der Waals surface area contributed by atoms with Crippen molar-refractivity contribution < 1.29 is 0 Å². The number of hydrogen-bond acceptors (Lipinski definition) is 2. The molecule has 1 heterocycles. The number of rotatable bonds is 5. The molecule has 124 valence electrons. The molecule has 0 spiro atoms. The third-order valence-corrected chi connectivity index (χ3v) is 4.62. The highest BCUT2D eigenvalue weighted by atomic mass is 15.0. The van der Waals surface area contributed by atoms with Gasteiger partial charge in [0, 0.05) is 30.7 Å². The summed E-state index contributed by atoms with van der Waals surface area (Å²) in [6.45, 7) is 3.06. The van der Waals surface area contributed by atoms with Gasteiger partial charge < -0.3 is 9.88 Å². The van der Waals surface area contributed by atoms with Crippen molar-refractivity contribution in [3.8, 4) is 5.69 Å². The minimum atomic E-state index is 0.295. The number of benzene rings is 3. The molecule has 1 aromatic heterocycles. The molecule has 3 heteroatoms. The first-order chi connectivity index (χ1) is 12.3. The fraction of sp³-hybridized carbons (Fsp3) is 0.136. The third-order valence-electron chi connectivity index (χ3n) is 4.62. The van der Waals surface area contributed by atoms with Crippen LogP contribution >= 0.6 is 0 Å². The van der Waals surface area contributed by atoms with Crippen molar-refractivity contribution in [1.82, 2.24) is 14.9 Å². The van der Waals surface area contributed by atoms with Crippen LogP contribution in [-0.2, 0) is 6.54 Å². The van der Waals surface area contributed by atoms with Crippen LogP contribution in [0.5, 0.6) is 0 Å². The van der Waals surface area contributed by atoms with E-state index in [0.717, 1.165) is 12.2 Å². The first kappa shape index (κ1) is 15.6. The Labute approximate surface area is 148 Å². The van der Waals surface area contributed by atoms with E-state index in [1.807, 2.05) is 17.1 Å². The number of imidazole rings is 1. The molecule has 0 amide bonds. The van der Waals surface area contributed by atoms with Crippen LogP contribution in [0.4, 0.5) is 0 Å². The minimum absolute atomic E-state index is 0.295. The quantitative estimate of drug-likeness (QED) is 0.566. The van der Waals surface area contributed by atoms with Gasteiger partial charge in [0.2, 0.25) is 0 Å². The van der Waals surface area contributed by atoms with Crippen LogP contribution in [0.3, 0.4) is 0 Å². The van der Waals surface area contributed by atoms with Crippen LogP contribution in [0.2, 0.25) is 0 Å². The lowest BCUT2D eigenvalue weighted by Crippen LogP contribution is -2.18. The smallest absolute Gasteiger partial charge is 0.0991 e. The summed E-state index contributed by atoms with van der Waals surface area (Å²) >= 11 is 0. The van der Waals surface area contributed by atoms with Gasteiger partial charge in [-0.3, -0.25) is 0 Å². The Kier molecular flexibility index (Phi) is 4.32. The zero-order valence-corrected chi connectivity index (χ0v) is 14.3. The van der Waals surface area contributed by atoms with Gasteiger partial charge in [-0.1, -0.05) is 48.5 Å². The maximum absolute atomic E-state index is 4.09. The average Bonchev–Trinajstić information content (AvgIpc) is 3.21. The van der Waals surface area contributed by atoms with Gasteiger partial charge >= 0.3 is 0 Å². The molecule has 0 aliphatic rings. The molecule has 0 saturated carbocycles. The maximum Gasteiger partial charge on any atom is 0.0991 e. The molecule has 0 fully saturated rings. The summed E-state index contributed by atoms with van der Waals surface area (Å²) in [5, 5.41) is 6.19. The summed E-state index contributed by atoms with van der Waals surface area (Å²) in [6.07, 6.45) is 5.56. The number of aromatic nitrogens is 2. The van der Waals surface area contributed by atoms with Crippen molar-refractivity contribution in [2.75, 3.05) is 0 Å². The van der Waals surface area contributed by atoms with E-state index in [9.17, 15) is 0 Å². The Balaban J connectivity index is 1.43. The third kappa shape index (κ3) is 3.47. The predicted octanol–water partition coefficient (Wildman–Crippen LogP) is 4.88. The van der Waals surface area contributed by atoms with E-state index in [4.69, 9.17) is 0 Å². The van der Waals surface area contributed by atoms with E-state index in [1.54, 1.807) is 6.20 Å². The monoisotopic (exact) mass is 327 g/mol. The van der Waals surface area contributed by atoms with Gasteiger partial charge in [-0.25, -0.2) is 4.98 Å². The van der Waals surface area contributed by atoms with Crippen molar-refractivity contribution in [2.45, 2.75) is 19.5 Å². The standard InChI is InChI=1S/C22H21N3/c1-17(19-8-10-22(11-9-19)25-13-12-23-16-25)24-15-18-6-7-20-4-2-3-5-21(20)14-18/h2-14,16-17,24H,15H2,1H3/t17-/m1/s1. The SMILES string of the molecule is C[C@@H](NCc1ccc2ccccc2c1)c1ccc(-n2ccnc2)cc1. The van der Waals surface area contributed by atoms with Crippen molar-refractivity contribution in [3.05, 3.63) is 96.6 Å². The average molecular weight is 327 g/mol. The number of nitrogens with zero attached hydrogens (tertiary/aromatic N) is 2. The van der Waals surface area contributed by atoms with Crippen molar-refractivity contribution in [1.29, 1.82) is 0 Å². The van der Waals surface area contributed by atoms with Crippen molar-refractivity contribution in [3.63, 3.8) is 0 Å². The molecule has 0 unspecified atom stereocenters. The lowest BCUT2D eigenvalue weighted by Gasteiger charge is -2.15. The summed E-state index contributed by atoms with van der Waals surface area (Å²) in [7, 11) is 0. The second-order valence-electron chi connectivity index (χ2n) is 6.35. The van der Waals surface area contributed by atoms with Gasteiger partial charge in [-0.15, -0.1) is 0 Å². The maximum atomic E-state index is 4.09. The van der Waals surface area contributed by atoms with Gasteiger partial charge in [0.1, 0.15) is 0 Å². The lowest BCUT2D eigenvalue weighted by molar-refractivity contribution is 0.575. The second kappa shape index (κ2) is 6.91. The molecule has 0 aliphatic carbocycles. The molecule has 3 nitrogen and oxygen atoms in total. The Bertz CT molecular complexity index is 956. The lowest BCUT2D eigenvalue weighted by atomic mass is 10.1. The highest BCUT2D eigenvalue weighted by Gasteiger charge is 2.06. The summed E-state index contributed by atoms with van der Waals surface area (Å²) in [6, 6.07) is 24.0. The zero-order valence-electron chi connectivity index (χ0n) is 14.3. The highest BCUT2D eigenvalue weighted by Crippen LogP contribution is 2.18. The molecule has 0 saturated heterocycles. The molecular weight excluding hydrogens is 306 g/mol. The van der Waals surface area contributed by atoms with Crippen LogP contribution in [0.1, 0.15) is 24.1 Å². The normalized spacial score (nSPS) is 12.4. The molecule has 0 aliphatic heterocycles. The summed E-state index contributed by atoms with van der Waals surface area (Å²) in [5.74, 6) is 0. The summed E-state index contributed by atoms with van der Waals surface area (Å²) in [5.41, 5.74) is 3.72. The molecule has 4 rings (SSSR count). The van der Waals surface area contributed by atoms with Gasteiger partial charge in [0.15, 0.2) is 0 Å². The Hall–Kier alpha value is -2.91. The van der Waals surface area contributed by atoms with Crippen LogP contribution in [0.25, 0.3) is 16.5 Å². The van der Waals surface area contributed by atoms with Crippen LogP contribution in [-0.4, -0.2) is 9.55 Å². The second-order valence-corrected chi connectivity index (χ2v) is 6.35. The molecule has 4 aromatic rings. The van der Waals surface area contributed by atoms with Crippen LogP contribution < -0.4 is 5.32 Å². The molecule has 1 N–H and O–H groups in total. The first-order valence-electron chi connectivity index (χ1n) is 8.59. The molecule has 0 bridgehead atoms. The van der Waals surface area contributed by atoms with Gasteiger partial charge in [0.05, 0.1) is 6.33 Å². The predicted molar refractivity (Wildman–Crippen MR) is 103 cm³/mol. The molecule has 0 radical (unpaired) electrons. The van der Waals surface area contributed by atoms with E-state index in [2.05, 4.69) is 84.0 Å². The van der Waals surface area contributed by atoms with E-state index in [-0.39, 0.29) is 0 Å². The number of hydrogen-bond donors (Lipinski definition) is 1. The zero-order chi connectivity index (χ0) is 17.1. The Morgan fingerprint density at radius 3 is 2.52 bits per heavy atom. The summed E-state index contributed by atoms with van der Waals surface area (Å²) < 4.78 is 2.01. The Morgan fingerprint density at radius 2 is 1.76 bits per heavy atom. The van der Waals surface area contributed by atoms with Crippen LogP contribution in [0.15, 0.2) is 85.5 Å². The molecule has 25 heavy (non-hydrogen) atoms. The fourth-order valence-electron chi connectivity index (χ4n) is 3.08.